The summed E-state index contributed by atoms with van der Waals surface area (Å²) in [5, 5.41) is 2.98. The number of hydrogen-bond donors (Lipinski definition) is 2. The molecule has 2 amide bonds. The van der Waals surface area contributed by atoms with Gasteiger partial charge in [-0.2, -0.15) is 0 Å². The Labute approximate surface area is 123 Å². The molecule has 20 heavy (non-hydrogen) atoms. The quantitative estimate of drug-likeness (QED) is 0.823. The van der Waals surface area contributed by atoms with Gasteiger partial charge in [0.25, 0.3) is 5.91 Å². The fraction of sp³-hybridized carbons (Fsp3) is 0.286. The fourth-order valence-electron chi connectivity index (χ4n) is 1.49. The molecular weight excluding hydrogens is 278 g/mol. The predicted octanol–water partition coefficient (Wildman–Crippen LogP) is 1.33. The van der Waals surface area contributed by atoms with E-state index in [4.69, 9.17) is 23.8 Å². The lowest BCUT2D eigenvalue weighted by Crippen LogP contribution is -2.36. The molecule has 0 saturated carbocycles. The van der Waals surface area contributed by atoms with Crippen LogP contribution in [-0.2, 0) is 4.79 Å². The highest BCUT2D eigenvalue weighted by molar-refractivity contribution is 6.31. The summed E-state index contributed by atoms with van der Waals surface area (Å²) >= 11 is 5.89. The Hall–Kier alpha value is -2.03. The first kappa shape index (κ1) is 16.0. The third-order valence-electron chi connectivity index (χ3n) is 2.55. The van der Waals surface area contributed by atoms with Crippen molar-refractivity contribution in [2.45, 2.75) is 12.5 Å². The molecule has 1 rings (SSSR count). The van der Waals surface area contributed by atoms with Gasteiger partial charge in [-0.1, -0.05) is 11.6 Å². The summed E-state index contributed by atoms with van der Waals surface area (Å²) in [5.41, 5.74) is 6.26. The van der Waals surface area contributed by atoms with Crippen LogP contribution < -0.4 is 11.1 Å². The fourth-order valence-corrected chi connectivity index (χ4v) is 1.66. The molecule has 0 aliphatic rings. The second kappa shape index (κ2) is 6.94. The molecule has 1 unspecified atom stereocenters. The number of benzene rings is 1. The Bertz CT molecular complexity index is 564. The van der Waals surface area contributed by atoms with Crippen molar-refractivity contribution in [1.29, 1.82) is 0 Å². The third-order valence-corrected chi connectivity index (χ3v) is 2.79. The number of terminal acetylenes is 1. The summed E-state index contributed by atoms with van der Waals surface area (Å²) < 4.78 is 0. The van der Waals surface area contributed by atoms with Crippen molar-refractivity contribution in [3.8, 4) is 12.3 Å². The standard InChI is InChI=1S/C14H16ClN3O2/c1-4-5-11(16)13(19)17-12-8-9(15)6-7-10(12)14(20)18(2)3/h1,6-8,11H,5,16H2,2-3H3,(H,17,19). The largest absolute Gasteiger partial charge is 0.345 e. The van der Waals surface area contributed by atoms with E-state index in [0.717, 1.165) is 0 Å². The Morgan fingerprint density at radius 3 is 2.70 bits per heavy atom. The SMILES string of the molecule is C#CCC(N)C(=O)Nc1cc(Cl)ccc1C(=O)N(C)C. The highest BCUT2D eigenvalue weighted by atomic mass is 35.5. The van der Waals surface area contributed by atoms with Crippen LogP contribution in [0.25, 0.3) is 0 Å². The van der Waals surface area contributed by atoms with Crippen LogP contribution in [0.3, 0.4) is 0 Å². The van der Waals surface area contributed by atoms with E-state index in [-0.39, 0.29) is 12.3 Å². The molecule has 0 aliphatic heterocycles. The zero-order valence-corrected chi connectivity index (χ0v) is 12.1. The van der Waals surface area contributed by atoms with Crippen molar-refractivity contribution in [3.63, 3.8) is 0 Å². The topological polar surface area (TPSA) is 75.4 Å². The van der Waals surface area contributed by atoms with Crippen LogP contribution in [0.2, 0.25) is 5.02 Å². The minimum atomic E-state index is -0.832. The van der Waals surface area contributed by atoms with Crippen LogP contribution in [-0.4, -0.2) is 36.9 Å². The molecule has 1 atom stereocenters. The van der Waals surface area contributed by atoms with Crippen LogP contribution in [0.15, 0.2) is 18.2 Å². The van der Waals surface area contributed by atoms with Crippen LogP contribution in [0.1, 0.15) is 16.8 Å². The summed E-state index contributed by atoms with van der Waals surface area (Å²) in [6.07, 6.45) is 5.23. The normalized spacial score (nSPS) is 11.3. The number of carbonyl (C=O) groups excluding carboxylic acids is 2. The van der Waals surface area contributed by atoms with Crippen molar-refractivity contribution in [3.05, 3.63) is 28.8 Å². The van der Waals surface area contributed by atoms with Crippen molar-refractivity contribution in [2.75, 3.05) is 19.4 Å². The lowest BCUT2D eigenvalue weighted by atomic mass is 10.1. The highest BCUT2D eigenvalue weighted by Crippen LogP contribution is 2.22. The minimum absolute atomic E-state index is 0.114. The van der Waals surface area contributed by atoms with Crippen LogP contribution >= 0.6 is 11.6 Å². The summed E-state index contributed by atoms with van der Waals surface area (Å²) in [5.74, 6) is 1.61. The number of anilines is 1. The van der Waals surface area contributed by atoms with Gasteiger partial charge in [0, 0.05) is 25.5 Å². The van der Waals surface area contributed by atoms with Crippen molar-refractivity contribution in [2.24, 2.45) is 5.73 Å². The van der Waals surface area contributed by atoms with Gasteiger partial charge in [-0.05, 0) is 18.2 Å². The summed E-state index contributed by atoms with van der Waals surface area (Å²) in [6, 6.07) is 3.79. The average Bonchev–Trinajstić information content (AvgIpc) is 2.38. The predicted molar refractivity (Wildman–Crippen MR) is 79.5 cm³/mol. The van der Waals surface area contributed by atoms with E-state index in [1.807, 2.05) is 0 Å². The number of amides is 2. The molecule has 0 fully saturated rings. The van der Waals surface area contributed by atoms with Gasteiger partial charge < -0.3 is 16.0 Å². The van der Waals surface area contributed by atoms with Crippen LogP contribution in [0.4, 0.5) is 5.69 Å². The Morgan fingerprint density at radius 1 is 1.50 bits per heavy atom. The lowest BCUT2D eigenvalue weighted by molar-refractivity contribution is -0.117. The molecular formula is C14H16ClN3O2. The van der Waals surface area contributed by atoms with Gasteiger partial charge in [-0.25, -0.2) is 0 Å². The molecule has 0 spiro atoms. The molecule has 1 aromatic rings. The Morgan fingerprint density at radius 2 is 2.15 bits per heavy atom. The second-order valence-electron chi connectivity index (χ2n) is 4.39. The molecule has 106 valence electrons. The van der Waals surface area contributed by atoms with E-state index >= 15 is 0 Å². The number of nitrogens with zero attached hydrogens (tertiary/aromatic N) is 1. The zero-order valence-electron chi connectivity index (χ0n) is 11.3. The van der Waals surface area contributed by atoms with Crippen LogP contribution in [0.5, 0.6) is 0 Å². The first-order valence-corrected chi connectivity index (χ1v) is 6.25. The minimum Gasteiger partial charge on any atom is -0.345 e. The number of carbonyl (C=O) groups is 2. The molecule has 6 heteroatoms. The smallest absolute Gasteiger partial charge is 0.255 e. The number of nitrogens with one attached hydrogen (secondary N) is 1. The second-order valence-corrected chi connectivity index (χ2v) is 4.83. The maximum atomic E-state index is 12.0. The Kier molecular flexibility index (Phi) is 5.56. The van der Waals surface area contributed by atoms with Crippen molar-refractivity contribution < 1.29 is 9.59 Å². The molecule has 0 radical (unpaired) electrons. The van der Waals surface area contributed by atoms with E-state index in [1.165, 1.54) is 11.0 Å². The van der Waals surface area contributed by atoms with E-state index in [2.05, 4.69) is 11.2 Å². The van der Waals surface area contributed by atoms with E-state index in [1.54, 1.807) is 26.2 Å². The average molecular weight is 294 g/mol. The van der Waals surface area contributed by atoms with Gasteiger partial charge in [-0.3, -0.25) is 9.59 Å². The van der Waals surface area contributed by atoms with Gasteiger partial charge in [-0.15, -0.1) is 12.3 Å². The summed E-state index contributed by atoms with van der Waals surface area (Å²) in [7, 11) is 3.24. The number of rotatable bonds is 4. The number of hydrogen-bond acceptors (Lipinski definition) is 3. The van der Waals surface area contributed by atoms with Crippen molar-refractivity contribution >= 4 is 29.1 Å². The van der Waals surface area contributed by atoms with Gasteiger partial charge >= 0.3 is 0 Å². The molecule has 3 N–H and O–H groups in total. The number of nitrogens with two attached hydrogens (primary N) is 1. The van der Waals surface area contributed by atoms with Gasteiger partial charge in [0.1, 0.15) is 0 Å². The highest BCUT2D eigenvalue weighted by Gasteiger charge is 2.18. The summed E-state index contributed by atoms with van der Waals surface area (Å²) in [4.78, 5) is 25.3. The Balaban J connectivity index is 3.05. The van der Waals surface area contributed by atoms with Crippen LogP contribution in [0, 0.1) is 12.3 Å². The number of halogens is 1. The third kappa shape index (κ3) is 3.98. The molecule has 0 bridgehead atoms. The molecule has 1 aromatic carbocycles. The molecule has 5 nitrogen and oxygen atoms in total. The molecule has 0 heterocycles. The van der Waals surface area contributed by atoms with Crippen molar-refractivity contribution in [1.82, 2.24) is 4.90 Å². The van der Waals surface area contributed by atoms with E-state index in [9.17, 15) is 9.59 Å². The lowest BCUT2D eigenvalue weighted by Gasteiger charge is -2.16. The first-order chi connectivity index (χ1) is 9.36. The monoisotopic (exact) mass is 293 g/mol. The maximum absolute atomic E-state index is 12.0. The van der Waals surface area contributed by atoms with Gasteiger partial charge in [0.15, 0.2) is 0 Å². The summed E-state index contributed by atoms with van der Waals surface area (Å²) in [6.45, 7) is 0. The van der Waals surface area contributed by atoms with E-state index in [0.29, 0.717) is 16.3 Å². The van der Waals surface area contributed by atoms with Gasteiger partial charge in [0.05, 0.1) is 17.3 Å². The molecule has 0 saturated heterocycles. The van der Waals surface area contributed by atoms with Gasteiger partial charge in [0.2, 0.25) is 5.91 Å². The first-order valence-electron chi connectivity index (χ1n) is 5.88. The molecule has 0 aromatic heterocycles. The molecule has 0 aliphatic carbocycles. The maximum Gasteiger partial charge on any atom is 0.255 e. The zero-order chi connectivity index (χ0) is 15.3. The van der Waals surface area contributed by atoms with E-state index < -0.39 is 11.9 Å².